The number of nitrogens with zero attached hydrogens (tertiary/aromatic N) is 2. The van der Waals surface area contributed by atoms with Gasteiger partial charge in [0.2, 0.25) is 0 Å². The van der Waals surface area contributed by atoms with E-state index in [1.807, 2.05) is 36.4 Å². The molecule has 0 bridgehead atoms. The Labute approximate surface area is 158 Å². The quantitative estimate of drug-likeness (QED) is 0.440. The molecule has 1 aliphatic rings. The number of rotatable bonds is 3. The molecule has 132 valence electrons. The van der Waals surface area contributed by atoms with Gasteiger partial charge in [-0.1, -0.05) is 29.8 Å². The monoisotopic (exact) mass is 378 g/mol. The van der Waals surface area contributed by atoms with Crippen LogP contribution in [-0.4, -0.2) is 15.5 Å². The Kier molecular flexibility index (Phi) is 3.52. The lowest BCUT2D eigenvalue weighted by Crippen LogP contribution is -2.08. The van der Waals surface area contributed by atoms with Crippen molar-refractivity contribution in [2.45, 2.75) is 6.61 Å². The highest BCUT2D eigenvalue weighted by atomic mass is 35.5. The first kappa shape index (κ1) is 16.0. The molecule has 0 saturated heterocycles. The van der Waals surface area contributed by atoms with E-state index in [9.17, 15) is 9.18 Å². The highest BCUT2D eigenvalue weighted by Crippen LogP contribution is 2.41. The van der Waals surface area contributed by atoms with Crippen LogP contribution in [-0.2, 0) is 6.61 Å². The van der Waals surface area contributed by atoms with Crippen molar-refractivity contribution < 1.29 is 13.9 Å². The van der Waals surface area contributed by atoms with Gasteiger partial charge in [0.05, 0.1) is 16.2 Å². The Bertz CT molecular complexity index is 1230. The van der Waals surface area contributed by atoms with Crippen LogP contribution in [0.5, 0.6) is 5.75 Å². The zero-order valence-electron chi connectivity index (χ0n) is 13.9. The lowest BCUT2D eigenvalue weighted by Gasteiger charge is -2.13. The van der Waals surface area contributed by atoms with Gasteiger partial charge >= 0.3 is 0 Å². The van der Waals surface area contributed by atoms with Crippen molar-refractivity contribution in [2.75, 3.05) is 0 Å². The fraction of sp³-hybridized carbons (Fsp3) is 0.0476. The third-order valence-electron chi connectivity index (χ3n) is 4.64. The maximum absolute atomic E-state index is 13.4. The predicted octanol–water partition coefficient (Wildman–Crippen LogP) is 5.08. The minimum Gasteiger partial charge on any atom is -0.487 e. The smallest absolute Gasteiger partial charge is 0.268 e. The summed E-state index contributed by atoms with van der Waals surface area (Å²) >= 11 is 5.86. The summed E-state index contributed by atoms with van der Waals surface area (Å²) < 4.78 is 21.0. The molecule has 3 heterocycles. The molecule has 5 rings (SSSR count). The molecule has 0 saturated carbocycles. The van der Waals surface area contributed by atoms with E-state index in [2.05, 4.69) is 4.98 Å². The number of ether oxygens (including phenoxy) is 1. The molecular weight excluding hydrogens is 367 g/mol. The molecule has 0 N–H and O–H groups in total. The van der Waals surface area contributed by atoms with Crippen LogP contribution in [0.4, 0.5) is 4.39 Å². The van der Waals surface area contributed by atoms with Crippen LogP contribution in [0.25, 0.3) is 22.3 Å². The second-order valence-electron chi connectivity index (χ2n) is 6.29. The fourth-order valence-electron chi connectivity index (χ4n) is 3.37. The topological polar surface area (TPSA) is 44.1 Å². The number of fused-ring (bicyclic) bond motifs is 4. The van der Waals surface area contributed by atoms with Gasteiger partial charge in [0.1, 0.15) is 29.4 Å². The number of hydrogen-bond acceptors (Lipinski definition) is 3. The van der Waals surface area contributed by atoms with Crippen LogP contribution >= 0.6 is 11.6 Å². The highest BCUT2D eigenvalue weighted by molar-refractivity contribution is 6.30. The second kappa shape index (κ2) is 5.93. The van der Waals surface area contributed by atoms with E-state index in [0.717, 1.165) is 16.6 Å². The van der Waals surface area contributed by atoms with Gasteiger partial charge in [-0.25, -0.2) is 9.37 Å². The van der Waals surface area contributed by atoms with Gasteiger partial charge in [-0.2, -0.15) is 0 Å². The average Bonchev–Trinajstić information content (AvgIpc) is 3.25. The third-order valence-corrected chi connectivity index (χ3v) is 4.93. The van der Waals surface area contributed by atoms with Crippen LogP contribution in [0, 0.1) is 5.82 Å². The van der Waals surface area contributed by atoms with Crippen LogP contribution < -0.4 is 4.74 Å². The van der Waals surface area contributed by atoms with Gasteiger partial charge in [0.25, 0.3) is 5.91 Å². The van der Waals surface area contributed by atoms with E-state index in [1.54, 1.807) is 16.8 Å². The normalized spacial score (nSPS) is 12.3. The molecule has 1 aliphatic heterocycles. The first-order valence-electron chi connectivity index (χ1n) is 8.35. The zero-order chi connectivity index (χ0) is 18.5. The second-order valence-corrected chi connectivity index (χ2v) is 6.69. The average molecular weight is 379 g/mol. The number of carbonyl (C=O) groups excluding carboxylic acids is 1. The van der Waals surface area contributed by atoms with Gasteiger partial charge in [-0.05, 0) is 42.0 Å². The van der Waals surface area contributed by atoms with Crippen LogP contribution in [0.15, 0.2) is 60.8 Å². The number of pyridine rings is 1. The Morgan fingerprint density at radius 3 is 2.81 bits per heavy atom. The van der Waals surface area contributed by atoms with Crippen molar-refractivity contribution in [3.63, 3.8) is 0 Å². The molecule has 0 atom stereocenters. The standard InChI is InChI=1S/C21H12ClFN2O2/c22-14-10-12(7-8-15(14)23)11-27-20-13-4-1-2-5-16(13)24-19-17-6-3-9-25(17)21(26)18(19)20/h1-10H,11H2. The summed E-state index contributed by atoms with van der Waals surface area (Å²) in [5.41, 5.74) is 3.25. The van der Waals surface area contributed by atoms with Crippen molar-refractivity contribution >= 4 is 28.4 Å². The van der Waals surface area contributed by atoms with E-state index in [0.29, 0.717) is 22.6 Å². The van der Waals surface area contributed by atoms with Gasteiger partial charge in [-0.3, -0.25) is 9.36 Å². The first-order valence-corrected chi connectivity index (χ1v) is 8.73. The molecule has 6 heteroatoms. The molecule has 0 fully saturated rings. The Hall–Kier alpha value is -3.18. The number of aromatic nitrogens is 2. The van der Waals surface area contributed by atoms with Crippen molar-refractivity contribution in [1.82, 2.24) is 9.55 Å². The van der Waals surface area contributed by atoms with Gasteiger partial charge < -0.3 is 4.74 Å². The molecule has 0 unspecified atom stereocenters. The maximum Gasteiger partial charge on any atom is 0.268 e. The Morgan fingerprint density at radius 1 is 1.11 bits per heavy atom. The molecule has 4 nitrogen and oxygen atoms in total. The number of para-hydroxylation sites is 1. The minimum atomic E-state index is -0.481. The minimum absolute atomic E-state index is 0.0351. The maximum atomic E-state index is 13.4. The van der Waals surface area contributed by atoms with Gasteiger partial charge in [-0.15, -0.1) is 0 Å². The van der Waals surface area contributed by atoms with E-state index < -0.39 is 5.82 Å². The Morgan fingerprint density at radius 2 is 1.96 bits per heavy atom. The molecule has 0 aliphatic carbocycles. The van der Waals surface area contributed by atoms with Crippen molar-refractivity contribution in [3.05, 3.63) is 82.8 Å². The van der Waals surface area contributed by atoms with Crippen LogP contribution in [0.1, 0.15) is 15.9 Å². The lowest BCUT2D eigenvalue weighted by atomic mass is 10.1. The summed E-state index contributed by atoms with van der Waals surface area (Å²) in [5, 5.41) is 0.788. The van der Waals surface area contributed by atoms with E-state index >= 15 is 0 Å². The molecule has 0 radical (unpaired) electrons. The number of halogens is 2. The van der Waals surface area contributed by atoms with Gasteiger partial charge in [0.15, 0.2) is 0 Å². The van der Waals surface area contributed by atoms with Crippen molar-refractivity contribution in [3.8, 4) is 17.1 Å². The first-order chi connectivity index (χ1) is 13.1. The van der Waals surface area contributed by atoms with Crippen LogP contribution in [0.2, 0.25) is 5.02 Å². The van der Waals surface area contributed by atoms with Crippen LogP contribution in [0.3, 0.4) is 0 Å². The highest BCUT2D eigenvalue weighted by Gasteiger charge is 2.32. The SMILES string of the molecule is O=C1c2c(nc3ccccc3c2OCc2ccc(F)c(Cl)c2)-c2cccn21. The van der Waals surface area contributed by atoms with E-state index in [-0.39, 0.29) is 17.5 Å². The summed E-state index contributed by atoms with van der Waals surface area (Å²) in [4.78, 5) is 17.6. The van der Waals surface area contributed by atoms with Gasteiger partial charge in [0, 0.05) is 11.6 Å². The van der Waals surface area contributed by atoms with Crippen molar-refractivity contribution in [2.24, 2.45) is 0 Å². The number of carbonyl (C=O) groups is 1. The van der Waals surface area contributed by atoms with E-state index in [4.69, 9.17) is 16.3 Å². The molecule has 27 heavy (non-hydrogen) atoms. The summed E-state index contributed by atoms with van der Waals surface area (Å²) in [6.07, 6.45) is 1.72. The van der Waals surface area contributed by atoms with E-state index in [1.165, 1.54) is 12.1 Å². The number of hydrogen-bond donors (Lipinski definition) is 0. The summed E-state index contributed by atoms with van der Waals surface area (Å²) in [6.45, 7) is 0.155. The molecular formula is C21H12ClFN2O2. The summed E-state index contributed by atoms with van der Waals surface area (Å²) in [5.74, 6) is -0.176. The third kappa shape index (κ3) is 2.43. The molecule has 0 amide bonds. The summed E-state index contributed by atoms with van der Waals surface area (Å²) in [6, 6.07) is 15.6. The molecule has 0 spiro atoms. The summed E-state index contributed by atoms with van der Waals surface area (Å²) in [7, 11) is 0. The molecule has 2 aromatic heterocycles. The Balaban J connectivity index is 1.64. The van der Waals surface area contributed by atoms with Crippen molar-refractivity contribution in [1.29, 1.82) is 0 Å². The molecule has 2 aromatic carbocycles. The molecule has 4 aromatic rings. The largest absolute Gasteiger partial charge is 0.487 e. The zero-order valence-corrected chi connectivity index (χ0v) is 14.7. The number of benzene rings is 2. The lowest BCUT2D eigenvalue weighted by molar-refractivity contribution is 0.0965. The predicted molar refractivity (Wildman–Crippen MR) is 101 cm³/mol. The fourth-order valence-corrected chi connectivity index (χ4v) is 3.57.